The van der Waals surface area contributed by atoms with E-state index in [0.717, 1.165) is 27.4 Å². The van der Waals surface area contributed by atoms with Gasteiger partial charge in [-0.15, -0.1) is 6.58 Å². The number of aromatic nitrogens is 2. The highest BCUT2D eigenvalue weighted by molar-refractivity contribution is 7.99. The van der Waals surface area contributed by atoms with Crippen molar-refractivity contribution in [1.82, 2.24) is 14.5 Å². The number of amides is 1. The van der Waals surface area contributed by atoms with Gasteiger partial charge in [0, 0.05) is 39.9 Å². The number of para-hydroxylation sites is 2. The summed E-state index contributed by atoms with van der Waals surface area (Å²) in [5, 5.41) is 0.846. The van der Waals surface area contributed by atoms with Crippen molar-refractivity contribution in [2.75, 3.05) is 31.8 Å². The lowest BCUT2D eigenvalue weighted by molar-refractivity contribution is -0.127. The number of carbonyl (C=O) groups excluding carboxylic acids is 1. The first kappa shape index (κ1) is 20.0. The zero-order chi connectivity index (χ0) is 20.1. The van der Waals surface area contributed by atoms with Gasteiger partial charge in [-0.05, 0) is 29.8 Å². The van der Waals surface area contributed by atoms with E-state index >= 15 is 0 Å². The molecular formula is C22H26N4OS. The minimum absolute atomic E-state index is 0.0823. The summed E-state index contributed by atoms with van der Waals surface area (Å²) in [5.74, 6) is 0.436. The van der Waals surface area contributed by atoms with Crippen LogP contribution in [0.3, 0.4) is 0 Å². The molecule has 0 aliphatic carbocycles. The lowest BCUT2D eigenvalue weighted by atomic mass is 10.2. The van der Waals surface area contributed by atoms with Crippen LogP contribution in [0, 0.1) is 0 Å². The molecule has 0 saturated carbocycles. The molecule has 28 heavy (non-hydrogen) atoms. The van der Waals surface area contributed by atoms with Crippen LogP contribution in [0.2, 0.25) is 0 Å². The highest BCUT2D eigenvalue weighted by Gasteiger charge is 2.14. The second kappa shape index (κ2) is 8.97. The van der Waals surface area contributed by atoms with E-state index in [1.807, 2.05) is 51.5 Å². The predicted molar refractivity (Wildman–Crippen MR) is 118 cm³/mol. The molecule has 3 aromatic rings. The summed E-state index contributed by atoms with van der Waals surface area (Å²) >= 11 is 1.47. The van der Waals surface area contributed by atoms with Crippen LogP contribution in [0.1, 0.15) is 5.56 Å². The van der Waals surface area contributed by atoms with Crippen molar-refractivity contribution in [3.05, 3.63) is 66.7 Å². The fourth-order valence-corrected chi connectivity index (χ4v) is 3.93. The third kappa shape index (κ3) is 4.57. The summed E-state index contributed by atoms with van der Waals surface area (Å²) in [6.07, 6.45) is 1.85. The van der Waals surface area contributed by atoms with Gasteiger partial charge in [-0.25, -0.2) is 4.98 Å². The van der Waals surface area contributed by atoms with Crippen LogP contribution in [0.4, 0.5) is 5.69 Å². The molecule has 146 valence electrons. The summed E-state index contributed by atoms with van der Waals surface area (Å²) in [5.41, 5.74) is 4.26. The fourth-order valence-electron chi connectivity index (χ4n) is 2.97. The van der Waals surface area contributed by atoms with Crippen molar-refractivity contribution in [2.45, 2.75) is 18.2 Å². The Morgan fingerprint density at radius 2 is 1.86 bits per heavy atom. The van der Waals surface area contributed by atoms with Crippen LogP contribution in [-0.4, -0.2) is 47.3 Å². The number of allylic oxidation sites excluding steroid dienone is 1. The maximum absolute atomic E-state index is 12.6. The van der Waals surface area contributed by atoms with Gasteiger partial charge in [-0.1, -0.05) is 42.1 Å². The Morgan fingerprint density at radius 3 is 2.54 bits per heavy atom. The second-order valence-corrected chi connectivity index (χ2v) is 7.82. The molecule has 1 aromatic heterocycles. The average Bonchev–Trinajstić information content (AvgIpc) is 3.04. The predicted octanol–water partition coefficient (Wildman–Crippen LogP) is 4.04. The topological polar surface area (TPSA) is 41.4 Å². The third-order valence-electron chi connectivity index (χ3n) is 4.55. The first-order chi connectivity index (χ1) is 13.5. The van der Waals surface area contributed by atoms with Gasteiger partial charge in [0.05, 0.1) is 16.8 Å². The van der Waals surface area contributed by atoms with E-state index in [2.05, 4.69) is 45.3 Å². The zero-order valence-electron chi connectivity index (χ0n) is 16.6. The summed E-state index contributed by atoms with van der Waals surface area (Å²) in [6, 6.07) is 16.3. The molecule has 0 fully saturated rings. The fraction of sp³-hybridized carbons (Fsp3) is 0.273. The summed E-state index contributed by atoms with van der Waals surface area (Å²) in [4.78, 5) is 21.1. The lowest BCUT2D eigenvalue weighted by Crippen LogP contribution is -2.28. The number of anilines is 1. The number of imidazole rings is 1. The van der Waals surface area contributed by atoms with E-state index in [1.165, 1.54) is 11.8 Å². The Morgan fingerprint density at radius 1 is 1.14 bits per heavy atom. The average molecular weight is 395 g/mol. The Bertz CT molecular complexity index is 962. The van der Waals surface area contributed by atoms with Crippen LogP contribution in [0.5, 0.6) is 0 Å². The van der Waals surface area contributed by atoms with Crippen molar-refractivity contribution < 1.29 is 4.79 Å². The SMILES string of the molecule is C=CCn1c(SCC(=O)N(C)Cc2ccc(N(C)C)cc2)nc2ccccc21. The molecule has 0 aliphatic heterocycles. The van der Waals surface area contributed by atoms with Crippen molar-refractivity contribution in [3.63, 3.8) is 0 Å². The van der Waals surface area contributed by atoms with E-state index in [-0.39, 0.29) is 5.91 Å². The van der Waals surface area contributed by atoms with Crippen LogP contribution in [-0.2, 0) is 17.9 Å². The minimum atomic E-state index is 0.0823. The molecule has 0 unspecified atom stereocenters. The minimum Gasteiger partial charge on any atom is -0.378 e. The van der Waals surface area contributed by atoms with Gasteiger partial charge in [0.2, 0.25) is 5.91 Å². The highest BCUT2D eigenvalue weighted by Crippen LogP contribution is 2.24. The van der Waals surface area contributed by atoms with Gasteiger partial charge in [-0.3, -0.25) is 4.79 Å². The summed E-state index contributed by atoms with van der Waals surface area (Å²) < 4.78 is 2.10. The molecule has 0 aliphatic rings. The standard InChI is InChI=1S/C22H26N4OS/c1-5-14-26-20-9-7-6-8-19(20)23-22(26)28-16-21(27)25(4)15-17-10-12-18(13-11-17)24(2)3/h5-13H,1,14-16H2,2-4H3. The Labute approximate surface area is 170 Å². The smallest absolute Gasteiger partial charge is 0.233 e. The van der Waals surface area contributed by atoms with Gasteiger partial charge in [0.25, 0.3) is 0 Å². The molecule has 3 rings (SSSR count). The van der Waals surface area contributed by atoms with Gasteiger partial charge in [0.1, 0.15) is 0 Å². The number of thioether (sulfide) groups is 1. The van der Waals surface area contributed by atoms with Crippen LogP contribution < -0.4 is 4.90 Å². The Balaban J connectivity index is 1.64. The van der Waals surface area contributed by atoms with E-state index in [9.17, 15) is 4.79 Å². The van der Waals surface area contributed by atoms with Gasteiger partial charge in [-0.2, -0.15) is 0 Å². The van der Waals surface area contributed by atoms with E-state index in [0.29, 0.717) is 18.8 Å². The number of rotatable bonds is 8. The molecule has 6 heteroatoms. The lowest BCUT2D eigenvalue weighted by Gasteiger charge is -2.18. The van der Waals surface area contributed by atoms with Crippen LogP contribution >= 0.6 is 11.8 Å². The molecule has 0 spiro atoms. The number of carbonyl (C=O) groups is 1. The van der Waals surface area contributed by atoms with Gasteiger partial charge >= 0.3 is 0 Å². The number of fused-ring (bicyclic) bond motifs is 1. The maximum atomic E-state index is 12.6. The van der Waals surface area contributed by atoms with E-state index < -0.39 is 0 Å². The van der Waals surface area contributed by atoms with Crippen LogP contribution in [0.15, 0.2) is 66.3 Å². The van der Waals surface area contributed by atoms with Gasteiger partial charge < -0.3 is 14.4 Å². The maximum Gasteiger partial charge on any atom is 0.233 e. The largest absolute Gasteiger partial charge is 0.378 e. The van der Waals surface area contributed by atoms with Crippen molar-refractivity contribution in [3.8, 4) is 0 Å². The summed E-state index contributed by atoms with van der Waals surface area (Å²) in [6.45, 7) is 5.10. The van der Waals surface area contributed by atoms with Crippen molar-refractivity contribution in [2.24, 2.45) is 0 Å². The monoisotopic (exact) mass is 394 g/mol. The Kier molecular flexibility index (Phi) is 6.41. The number of nitrogens with zero attached hydrogens (tertiary/aromatic N) is 4. The zero-order valence-corrected chi connectivity index (χ0v) is 17.4. The van der Waals surface area contributed by atoms with E-state index in [1.54, 1.807) is 4.90 Å². The van der Waals surface area contributed by atoms with Crippen molar-refractivity contribution >= 4 is 34.4 Å². The van der Waals surface area contributed by atoms with Crippen molar-refractivity contribution in [1.29, 1.82) is 0 Å². The molecule has 0 N–H and O–H groups in total. The number of benzene rings is 2. The molecule has 5 nitrogen and oxygen atoms in total. The Hall–Kier alpha value is -2.73. The normalized spacial score (nSPS) is 10.8. The highest BCUT2D eigenvalue weighted by atomic mass is 32.2. The van der Waals surface area contributed by atoms with E-state index in [4.69, 9.17) is 0 Å². The summed E-state index contributed by atoms with van der Waals surface area (Å²) in [7, 11) is 5.87. The molecule has 2 aromatic carbocycles. The third-order valence-corrected chi connectivity index (χ3v) is 5.52. The first-order valence-electron chi connectivity index (χ1n) is 9.18. The quantitative estimate of drug-likeness (QED) is 0.427. The first-order valence-corrected chi connectivity index (χ1v) is 10.2. The molecule has 0 atom stereocenters. The number of hydrogen-bond donors (Lipinski definition) is 0. The molecular weight excluding hydrogens is 368 g/mol. The molecule has 1 amide bonds. The molecule has 0 radical (unpaired) electrons. The van der Waals surface area contributed by atoms with Crippen LogP contribution in [0.25, 0.3) is 11.0 Å². The number of hydrogen-bond acceptors (Lipinski definition) is 4. The molecule has 1 heterocycles. The molecule has 0 saturated heterocycles. The molecule has 0 bridgehead atoms. The second-order valence-electron chi connectivity index (χ2n) is 6.88. The van der Waals surface area contributed by atoms with Gasteiger partial charge in [0.15, 0.2) is 5.16 Å².